The number of hydrogen-bond donors (Lipinski definition) is 1. The third-order valence-corrected chi connectivity index (χ3v) is 1.98. The van der Waals surface area contributed by atoms with Crippen LogP contribution in [0.4, 0.5) is 0 Å². The maximum atomic E-state index is 11.3. The molecule has 0 spiro atoms. The van der Waals surface area contributed by atoms with E-state index in [1.165, 1.54) is 0 Å². The van der Waals surface area contributed by atoms with Crippen LogP contribution in [0.5, 0.6) is 0 Å². The van der Waals surface area contributed by atoms with Gasteiger partial charge in [-0.05, 0) is 31.9 Å². The van der Waals surface area contributed by atoms with Gasteiger partial charge in [0.05, 0.1) is 0 Å². The van der Waals surface area contributed by atoms with Crippen molar-refractivity contribution in [3.8, 4) is 0 Å². The largest absolute Gasteiger partial charge is 0.330 e. The van der Waals surface area contributed by atoms with E-state index in [0.717, 1.165) is 24.9 Å². The quantitative estimate of drug-likeness (QED) is 0.700. The highest BCUT2D eigenvalue weighted by Gasteiger charge is 1.94. The Bertz CT molecular complexity index is 317. The van der Waals surface area contributed by atoms with Gasteiger partial charge in [-0.25, -0.2) is 0 Å². The first-order valence-electron chi connectivity index (χ1n) is 4.61. The minimum absolute atomic E-state index is 0.0719. The molecule has 72 valence electrons. The minimum Gasteiger partial charge on any atom is -0.330 e. The predicted molar refractivity (Wildman–Crippen MR) is 53.7 cm³/mol. The summed E-state index contributed by atoms with van der Waals surface area (Å²) in [7, 11) is 0. The number of unbranched alkanes of at least 4 members (excludes halogenated alkanes) is 1. The molecule has 1 aromatic rings. The van der Waals surface area contributed by atoms with Crippen molar-refractivity contribution in [3.05, 3.63) is 34.2 Å². The van der Waals surface area contributed by atoms with Gasteiger partial charge in [0.15, 0.2) is 0 Å². The molecule has 3 nitrogen and oxygen atoms in total. The minimum atomic E-state index is 0.0719. The first-order valence-corrected chi connectivity index (χ1v) is 4.61. The molecule has 13 heavy (non-hydrogen) atoms. The van der Waals surface area contributed by atoms with Crippen molar-refractivity contribution in [1.29, 1.82) is 0 Å². The lowest BCUT2D eigenvalue weighted by Crippen LogP contribution is -2.19. The number of nitrogens with zero attached hydrogens (tertiary/aromatic N) is 1. The van der Waals surface area contributed by atoms with Gasteiger partial charge in [0.25, 0.3) is 5.56 Å². The van der Waals surface area contributed by atoms with E-state index in [0.29, 0.717) is 6.54 Å². The summed E-state index contributed by atoms with van der Waals surface area (Å²) < 4.78 is 1.74. The molecule has 0 atom stereocenters. The molecular formula is C10H16N2O. The van der Waals surface area contributed by atoms with Gasteiger partial charge >= 0.3 is 0 Å². The van der Waals surface area contributed by atoms with E-state index in [-0.39, 0.29) is 5.56 Å². The smallest absolute Gasteiger partial charge is 0.250 e. The SMILES string of the molecule is Cc1ccc(=O)n(CCCCN)c1. The van der Waals surface area contributed by atoms with E-state index in [1.807, 2.05) is 19.2 Å². The van der Waals surface area contributed by atoms with Crippen LogP contribution in [0.15, 0.2) is 23.1 Å². The van der Waals surface area contributed by atoms with Crippen LogP contribution < -0.4 is 11.3 Å². The van der Waals surface area contributed by atoms with Crippen LogP contribution in [0.3, 0.4) is 0 Å². The molecule has 0 radical (unpaired) electrons. The van der Waals surface area contributed by atoms with Crippen LogP contribution in [0.25, 0.3) is 0 Å². The maximum Gasteiger partial charge on any atom is 0.250 e. The van der Waals surface area contributed by atoms with E-state index in [1.54, 1.807) is 10.6 Å². The fourth-order valence-electron chi connectivity index (χ4n) is 1.25. The van der Waals surface area contributed by atoms with Crippen LogP contribution in [0, 0.1) is 6.92 Å². The molecule has 0 bridgehead atoms. The average molecular weight is 180 g/mol. The molecule has 1 rings (SSSR count). The average Bonchev–Trinajstić information content (AvgIpc) is 2.11. The Hall–Kier alpha value is -1.09. The zero-order valence-corrected chi connectivity index (χ0v) is 7.99. The molecule has 2 N–H and O–H groups in total. The molecule has 0 fully saturated rings. The van der Waals surface area contributed by atoms with Gasteiger partial charge in [-0.15, -0.1) is 0 Å². The van der Waals surface area contributed by atoms with Gasteiger partial charge in [0.2, 0.25) is 0 Å². The Balaban J connectivity index is 2.65. The van der Waals surface area contributed by atoms with Crippen molar-refractivity contribution in [3.63, 3.8) is 0 Å². The second-order valence-electron chi connectivity index (χ2n) is 3.23. The molecule has 0 saturated carbocycles. The number of hydrogen-bond acceptors (Lipinski definition) is 2. The Morgan fingerprint density at radius 1 is 1.38 bits per heavy atom. The highest BCUT2D eigenvalue weighted by molar-refractivity contribution is 5.06. The summed E-state index contributed by atoms with van der Waals surface area (Å²) in [6, 6.07) is 3.44. The summed E-state index contributed by atoms with van der Waals surface area (Å²) >= 11 is 0. The van der Waals surface area contributed by atoms with E-state index in [2.05, 4.69) is 0 Å². The third-order valence-electron chi connectivity index (χ3n) is 1.98. The molecule has 1 aromatic heterocycles. The lowest BCUT2D eigenvalue weighted by atomic mass is 10.3. The summed E-state index contributed by atoms with van der Waals surface area (Å²) in [5.74, 6) is 0. The Morgan fingerprint density at radius 2 is 2.15 bits per heavy atom. The van der Waals surface area contributed by atoms with Crippen LogP contribution in [0.2, 0.25) is 0 Å². The van der Waals surface area contributed by atoms with E-state index in [4.69, 9.17) is 5.73 Å². The van der Waals surface area contributed by atoms with Gasteiger partial charge < -0.3 is 10.3 Å². The molecule has 1 heterocycles. The van der Waals surface area contributed by atoms with E-state index >= 15 is 0 Å². The molecule has 0 aliphatic carbocycles. The van der Waals surface area contributed by atoms with Crippen molar-refractivity contribution >= 4 is 0 Å². The normalized spacial score (nSPS) is 10.3. The standard InChI is InChI=1S/C10H16N2O/c1-9-4-5-10(13)12(8-9)7-3-2-6-11/h4-5,8H,2-3,6-7,11H2,1H3. The second-order valence-corrected chi connectivity index (χ2v) is 3.23. The molecule has 3 heteroatoms. The molecule has 0 amide bonds. The molecule has 0 saturated heterocycles. The van der Waals surface area contributed by atoms with Gasteiger partial charge in [-0.3, -0.25) is 4.79 Å². The molecule has 0 aromatic carbocycles. The Morgan fingerprint density at radius 3 is 2.85 bits per heavy atom. The third kappa shape index (κ3) is 3.03. The topological polar surface area (TPSA) is 48.0 Å². The lowest BCUT2D eigenvalue weighted by Gasteiger charge is -2.04. The number of rotatable bonds is 4. The molecule has 0 aliphatic rings. The Labute approximate surface area is 78.2 Å². The predicted octanol–water partition coefficient (Wildman–Crippen LogP) is 0.896. The van der Waals surface area contributed by atoms with E-state index < -0.39 is 0 Å². The van der Waals surface area contributed by atoms with Crippen molar-refractivity contribution < 1.29 is 0 Å². The Kier molecular flexibility index (Phi) is 3.71. The van der Waals surface area contributed by atoms with Crippen LogP contribution >= 0.6 is 0 Å². The highest BCUT2D eigenvalue weighted by atomic mass is 16.1. The fourth-order valence-corrected chi connectivity index (χ4v) is 1.25. The van der Waals surface area contributed by atoms with E-state index in [9.17, 15) is 4.79 Å². The summed E-state index contributed by atoms with van der Waals surface area (Å²) in [5, 5.41) is 0. The summed E-state index contributed by atoms with van der Waals surface area (Å²) in [6.45, 7) is 3.46. The number of aryl methyl sites for hydroxylation is 2. The van der Waals surface area contributed by atoms with Gasteiger partial charge in [0.1, 0.15) is 0 Å². The van der Waals surface area contributed by atoms with Crippen molar-refractivity contribution in [2.75, 3.05) is 6.54 Å². The van der Waals surface area contributed by atoms with Crippen LogP contribution in [-0.2, 0) is 6.54 Å². The second kappa shape index (κ2) is 4.82. The van der Waals surface area contributed by atoms with Crippen molar-refractivity contribution in [1.82, 2.24) is 4.57 Å². The first-order chi connectivity index (χ1) is 6.24. The summed E-state index contributed by atoms with van der Waals surface area (Å²) in [5.41, 5.74) is 6.56. The van der Waals surface area contributed by atoms with Crippen molar-refractivity contribution in [2.24, 2.45) is 5.73 Å². The summed E-state index contributed by atoms with van der Waals surface area (Å²) in [4.78, 5) is 11.3. The van der Waals surface area contributed by atoms with Gasteiger partial charge in [-0.2, -0.15) is 0 Å². The number of nitrogens with two attached hydrogens (primary N) is 1. The molecule has 0 unspecified atom stereocenters. The van der Waals surface area contributed by atoms with Gasteiger partial charge in [-0.1, -0.05) is 6.07 Å². The number of pyridine rings is 1. The maximum absolute atomic E-state index is 11.3. The van der Waals surface area contributed by atoms with Crippen molar-refractivity contribution in [2.45, 2.75) is 26.3 Å². The van der Waals surface area contributed by atoms with Crippen LogP contribution in [0.1, 0.15) is 18.4 Å². The van der Waals surface area contributed by atoms with Crippen LogP contribution in [-0.4, -0.2) is 11.1 Å². The zero-order valence-electron chi connectivity index (χ0n) is 7.99. The first kappa shape index (κ1) is 9.99. The molecule has 0 aliphatic heterocycles. The highest BCUT2D eigenvalue weighted by Crippen LogP contribution is 1.95. The molecular weight excluding hydrogens is 164 g/mol. The van der Waals surface area contributed by atoms with Gasteiger partial charge in [0, 0.05) is 18.8 Å². The summed E-state index contributed by atoms with van der Waals surface area (Å²) in [6.07, 6.45) is 3.83. The monoisotopic (exact) mass is 180 g/mol. The fraction of sp³-hybridized carbons (Fsp3) is 0.500. The zero-order chi connectivity index (χ0) is 9.68. The lowest BCUT2D eigenvalue weighted by molar-refractivity contribution is 0.597. The number of aromatic nitrogens is 1.